The van der Waals surface area contributed by atoms with Crippen LogP contribution in [0.4, 0.5) is 0 Å². The maximum absolute atomic E-state index is 13.1. The minimum Gasteiger partial charge on any atom is -0.508 e. The number of phenols is 2. The SMILES string of the molecule is CC(C)c1cc(C(=O)N2CCC(CCN[C@H](C(=O)OC(C)(C)C)c3ccccc3)CC2)c(O)cc1O. The predicted octanol–water partition coefficient (Wildman–Crippen LogP) is 5.14. The number of carbonyl (C=O) groups is 2. The summed E-state index contributed by atoms with van der Waals surface area (Å²) in [6.45, 7) is 11.3. The van der Waals surface area contributed by atoms with Crippen molar-refractivity contribution in [3.05, 3.63) is 59.2 Å². The molecular formula is C29H40N2O5. The summed E-state index contributed by atoms with van der Waals surface area (Å²) in [4.78, 5) is 27.7. The molecule has 3 rings (SSSR count). The summed E-state index contributed by atoms with van der Waals surface area (Å²) in [5.41, 5.74) is 1.20. The lowest BCUT2D eigenvalue weighted by Crippen LogP contribution is -2.40. The predicted molar refractivity (Wildman–Crippen MR) is 140 cm³/mol. The minimum atomic E-state index is -0.562. The van der Waals surface area contributed by atoms with Crippen molar-refractivity contribution >= 4 is 11.9 Å². The fourth-order valence-electron chi connectivity index (χ4n) is 4.60. The Morgan fingerprint density at radius 2 is 1.69 bits per heavy atom. The van der Waals surface area contributed by atoms with Gasteiger partial charge in [-0.05, 0) is 75.6 Å². The first-order valence-corrected chi connectivity index (χ1v) is 12.8. The van der Waals surface area contributed by atoms with Gasteiger partial charge in [0.25, 0.3) is 5.91 Å². The van der Waals surface area contributed by atoms with Crippen LogP contribution in [0.2, 0.25) is 0 Å². The molecule has 7 nitrogen and oxygen atoms in total. The third kappa shape index (κ3) is 7.23. The molecule has 0 spiro atoms. The molecule has 1 aliphatic rings. The first kappa shape index (κ1) is 27.5. The van der Waals surface area contributed by atoms with E-state index in [4.69, 9.17) is 4.74 Å². The summed E-state index contributed by atoms with van der Waals surface area (Å²) in [5, 5.41) is 23.7. The number of phenolic OH excluding ortho intramolecular Hbond substituents is 2. The van der Waals surface area contributed by atoms with E-state index < -0.39 is 11.6 Å². The average Bonchev–Trinajstić information content (AvgIpc) is 2.81. The molecule has 0 aromatic heterocycles. The Kier molecular flexibility index (Phi) is 9.01. The highest BCUT2D eigenvalue weighted by Gasteiger charge is 2.28. The molecule has 1 fully saturated rings. The summed E-state index contributed by atoms with van der Waals surface area (Å²) in [7, 11) is 0. The summed E-state index contributed by atoms with van der Waals surface area (Å²) >= 11 is 0. The van der Waals surface area contributed by atoms with Gasteiger partial charge in [0.1, 0.15) is 23.1 Å². The maximum atomic E-state index is 13.1. The Labute approximate surface area is 214 Å². The van der Waals surface area contributed by atoms with E-state index in [0.717, 1.165) is 24.8 Å². The zero-order valence-electron chi connectivity index (χ0n) is 22.1. The van der Waals surface area contributed by atoms with Gasteiger partial charge in [-0.3, -0.25) is 4.79 Å². The van der Waals surface area contributed by atoms with Crippen molar-refractivity contribution in [2.45, 2.75) is 71.4 Å². The third-order valence-corrected chi connectivity index (χ3v) is 6.58. The Bertz CT molecular complexity index is 1040. The number of aromatic hydroxyl groups is 2. The zero-order valence-corrected chi connectivity index (χ0v) is 22.1. The number of hydrogen-bond donors (Lipinski definition) is 3. The van der Waals surface area contributed by atoms with Crippen molar-refractivity contribution in [2.75, 3.05) is 19.6 Å². The second kappa shape index (κ2) is 11.8. The van der Waals surface area contributed by atoms with Gasteiger partial charge in [0.05, 0.1) is 5.56 Å². The molecule has 0 bridgehead atoms. The molecule has 36 heavy (non-hydrogen) atoms. The van der Waals surface area contributed by atoms with Gasteiger partial charge >= 0.3 is 5.97 Å². The smallest absolute Gasteiger partial charge is 0.328 e. The van der Waals surface area contributed by atoms with Crippen molar-refractivity contribution in [3.63, 3.8) is 0 Å². The van der Waals surface area contributed by atoms with Gasteiger partial charge in [-0.1, -0.05) is 44.2 Å². The molecule has 0 unspecified atom stereocenters. The molecule has 7 heteroatoms. The van der Waals surface area contributed by atoms with Crippen LogP contribution in [0.3, 0.4) is 0 Å². The number of piperidine rings is 1. The minimum absolute atomic E-state index is 0.00504. The van der Waals surface area contributed by atoms with Crippen LogP contribution in [0.5, 0.6) is 11.5 Å². The molecule has 1 aliphatic heterocycles. The molecule has 2 aromatic rings. The van der Waals surface area contributed by atoms with Crippen LogP contribution in [0.25, 0.3) is 0 Å². The molecule has 1 saturated heterocycles. The number of benzene rings is 2. The summed E-state index contributed by atoms with van der Waals surface area (Å²) in [6, 6.07) is 11.9. The molecule has 1 heterocycles. The number of esters is 1. The molecule has 1 amide bonds. The quantitative estimate of drug-likeness (QED) is 0.438. The van der Waals surface area contributed by atoms with E-state index >= 15 is 0 Å². The van der Waals surface area contributed by atoms with Crippen molar-refractivity contribution < 1.29 is 24.5 Å². The topological polar surface area (TPSA) is 99.1 Å². The number of carbonyl (C=O) groups excluding carboxylic acids is 2. The first-order chi connectivity index (χ1) is 17.0. The van der Waals surface area contributed by atoms with Crippen LogP contribution in [-0.4, -0.2) is 52.2 Å². The third-order valence-electron chi connectivity index (χ3n) is 6.58. The number of ether oxygens (including phenoxy) is 1. The van der Waals surface area contributed by atoms with E-state index in [1.165, 1.54) is 6.07 Å². The van der Waals surface area contributed by atoms with Crippen LogP contribution >= 0.6 is 0 Å². The molecular weight excluding hydrogens is 456 g/mol. The zero-order chi connectivity index (χ0) is 26.5. The fraction of sp³-hybridized carbons (Fsp3) is 0.517. The van der Waals surface area contributed by atoms with Crippen LogP contribution in [-0.2, 0) is 9.53 Å². The van der Waals surface area contributed by atoms with E-state index in [1.807, 2.05) is 65.0 Å². The summed E-state index contributed by atoms with van der Waals surface area (Å²) in [5.74, 6) is -0.219. The maximum Gasteiger partial charge on any atom is 0.328 e. The van der Waals surface area contributed by atoms with Gasteiger partial charge in [-0.25, -0.2) is 4.79 Å². The largest absolute Gasteiger partial charge is 0.508 e. The summed E-state index contributed by atoms with van der Waals surface area (Å²) < 4.78 is 5.64. The van der Waals surface area contributed by atoms with Crippen LogP contribution in [0, 0.1) is 5.92 Å². The molecule has 196 valence electrons. The number of hydrogen-bond acceptors (Lipinski definition) is 6. The van der Waals surface area contributed by atoms with E-state index in [1.54, 1.807) is 11.0 Å². The second-order valence-corrected chi connectivity index (χ2v) is 10.9. The van der Waals surface area contributed by atoms with Gasteiger partial charge in [-0.15, -0.1) is 0 Å². The van der Waals surface area contributed by atoms with Gasteiger partial charge in [-0.2, -0.15) is 0 Å². The number of nitrogens with zero attached hydrogens (tertiary/aromatic N) is 1. The van der Waals surface area contributed by atoms with E-state index in [-0.39, 0.29) is 34.9 Å². The number of rotatable bonds is 8. The standard InChI is InChI=1S/C29H40N2O5/c1-19(2)22-17-23(25(33)18-24(22)32)27(34)31-15-12-20(13-16-31)11-14-30-26(21-9-7-6-8-10-21)28(35)36-29(3,4)5/h6-10,17-20,26,30,32-33H,11-16H2,1-5H3/t26-/m0/s1. The Balaban J connectivity index is 1.55. The van der Waals surface area contributed by atoms with Crippen molar-refractivity contribution in [3.8, 4) is 11.5 Å². The first-order valence-electron chi connectivity index (χ1n) is 12.8. The molecule has 0 radical (unpaired) electrons. The lowest BCUT2D eigenvalue weighted by Gasteiger charge is -2.33. The fourth-order valence-corrected chi connectivity index (χ4v) is 4.60. The van der Waals surface area contributed by atoms with Crippen molar-refractivity contribution in [2.24, 2.45) is 5.92 Å². The van der Waals surface area contributed by atoms with Crippen LogP contribution < -0.4 is 5.32 Å². The highest BCUT2D eigenvalue weighted by Crippen LogP contribution is 2.33. The van der Waals surface area contributed by atoms with Gasteiger partial charge in [0.2, 0.25) is 0 Å². The van der Waals surface area contributed by atoms with Crippen LogP contribution in [0.1, 0.15) is 87.3 Å². The Morgan fingerprint density at radius 3 is 2.28 bits per heavy atom. The Hall–Kier alpha value is -3.06. The monoisotopic (exact) mass is 496 g/mol. The number of likely N-dealkylation sites (tertiary alicyclic amines) is 1. The van der Waals surface area contributed by atoms with E-state index in [0.29, 0.717) is 31.1 Å². The molecule has 2 aromatic carbocycles. The van der Waals surface area contributed by atoms with Gasteiger partial charge in [0, 0.05) is 19.2 Å². The lowest BCUT2D eigenvalue weighted by atomic mass is 9.92. The Morgan fingerprint density at radius 1 is 1.06 bits per heavy atom. The average molecular weight is 497 g/mol. The molecule has 0 saturated carbocycles. The van der Waals surface area contributed by atoms with Gasteiger partial charge < -0.3 is 25.2 Å². The molecule has 3 N–H and O–H groups in total. The summed E-state index contributed by atoms with van der Waals surface area (Å²) in [6.07, 6.45) is 2.59. The van der Waals surface area contributed by atoms with Crippen LogP contribution in [0.15, 0.2) is 42.5 Å². The normalized spacial score (nSPS) is 15.7. The number of amides is 1. The molecule has 0 aliphatic carbocycles. The molecule has 1 atom stereocenters. The van der Waals surface area contributed by atoms with Crippen molar-refractivity contribution in [1.29, 1.82) is 0 Å². The van der Waals surface area contributed by atoms with E-state index in [9.17, 15) is 19.8 Å². The highest BCUT2D eigenvalue weighted by molar-refractivity contribution is 5.97. The highest BCUT2D eigenvalue weighted by atomic mass is 16.6. The lowest BCUT2D eigenvalue weighted by molar-refractivity contribution is -0.157. The van der Waals surface area contributed by atoms with Gasteiger partial charge in [0.15, 0.2) is 0 Å². The second-order valence-electron chi connectivity index (χ2n) is 10.9. The van der Waals surface area contributed by atoms with Crippen molar-refractivity contribution in [1.82, 2.24) is 10.2 Å². The van der Waals surface area contributed by atoms with E-state index in [2.05, 4.69) is 5.32 Å². The number of nitrogens with one attached hydrogen (secondary N) is 1.